The maximum atomic E-state index is 12.7. The van der Waals surface area contributed by atoms with Crippen molar-refractivity contribution in [3.63, 3.8) is 0 Å². The van der Waals surface area contributed by atoms with Crippen LogP contribution in [0, 0.1) is 6.92 Å². The Hall–Kier alpha value is -2.54. The molecule has 7 heteroatoms. The number of carbonyl (C=O) groups is 1. The van der Waals surface area contributed by atoms with Gasteiger partial charge in [0.1, 0.15) is 5.92 Å². The highest BCUT2D eigenvalue weighted by Gasteiger charge is 2.26. The quantitative estimate of drug-likeness (QED) is 0.758. The van der Waals surface area contributed by atoms with E-state index in [1.807, 2.05) is 48.7 Å². The van der Waals surface area contributed by atoms with Crippen molar-refractivity contribution in [2.75, 3.05) is 5.32 Å². The predicted molar refractivity (Wildman–Crippen MR) is 84.8 cm³/mol. The van der Waals surface area contributed by atoms with Crippen LogP contribution in [-0.4, -0.2) is 26.5 Å². The summed E-state index contributed by atoms with van der Waals surface area (Å²) < 4.78 is 0. The lowest BCUT2D eigenvalue weighted by molar-refractivity contribution is -0.117. The molecule has 2 N–H and O–H groups in total. The van der Waals surface area contributed by atoms with Gasteiger partial charge in [0.15, 0.2) is 5.82 Å². The molecule has 0 fully saturated rings. The molecule has 0 radical (unpaired) electrons. The van der Waals surface area contributed by atoms with E-state index in [0.29, 0.717) is 12.2 Å². The highest BCUT2D eigenvalue weighted by Crippen LogP contribution is 2.23. The Morgan fingerprint density at radius 1 is 1.32 bits per heavy atom. The molecule has 1 atom stereocenters. The van der Waals surface area contributed by atoms with E-state index in [0.717, 1.165) is 16.1 Å². The number of hydrogen-bond donors (Lipinski definition) is 2. The number of rotatable bonds is 5. The van der Waals surface area contributed by atoms with E-state index in [1.54, 1.807) is 11.3 Å². The summed E-state index contributed by atoms with van der Waals surface area (Å²) in [5.74, 6) is -0.208. The Morgan fingerprint density at radius 3 is 2.86 bits per heavy atom. The number of benzene rings is 1. The Labute approximate surface area is 131 Å². The normalized spacial score (nSPS) is 12.0. The number of hydrogen-bond acceptors (Lipinski definition) is 5. The SMILES string of the molecule is Cc1ccccc1NC(=O)C(Cc1cccs1)c1nn[nH]n1. The first kappa shape index (κ1) is 14.4. The Kier molecular flexibility index (Phi) is 4.24. The molecule has 3 aromatic rings. The third-order valence-corrected chi connectivity index (χ3v) is 4.28. The van der Waals surface area contributed by atoms with E-state index >= 15 is 0 Å². The Bertz CT molecular complexity index is 739. The van der Waals surface area contributed by atoms with Crippen LogP contribution in [0.2, 0.25) is 0 Å². The fraction of sp³-hybridized carbons (Fsp3) is 0.200. The van der Waals surface area contributed by atoms with Gasteiger partial charge in [0.25, 0.3) is 0 Å². The van der Waals surface area contributed by atoms with Crippen LogP contribution in [0.5, 0.6) is 0 Å². The van der Waals surface area contributed by atoms with Crippen LogP contribution in [0.15, 0.2) is 41.8 Å². The van der Waals surface area contributed by atoms with Crippen molar-refractivity contribution in [3.05, 3.63) is 58.0 Å². The summed E-state index contributed by atoms with van der Waals surface area (Å²) in [6.07, 6.45) is 0.551. The van der Waals surface area contributed by atoms with Crippen LogP contribution in [0.1, 0.15) is 22.2 Å². The molecule has 22 heavy (non-hydrogen) atoms. The summed E-state index contributed by atoms with van der Waals surface area (Å²) in [4.78, 5) is 13.8. The molecule has 0 spiro atoms. The largest absolute Gasteiger partial charge is 0.325 e. The fourth-order valence-electron chi connectivity index (χ4n) is 2.18. The molecule has 1 amide bonds. The second kappa shape index (κ2) is 6.48. The number of anilines is 1. The molecule has 6 nitrogen and oxygen atoms in total. The number of thiophene rings is 1. The van der Waals surface area contributed by atoms with Crippen molar-refractivity contribution < 1.29 is 4.79 Å². The molecule has 2 aromatic heterocycles. The van der Waals surface area contributed by atoms with Gasteiger partial charge in [-0.1, -0.05) is 29.5 Å². The zero-order valence-corrected chi connectivity index (χ0v) is 12.8. The smallest absolute Gasteiger partial charge is 0.235 e. The fourth-order valence-corrected chi connectivity index (χ4v) is 2.93. The van der Waals surface area contributed by atoms with Gasteiger partial charge in [-0.25, -0.2) is 0 Å². The molecule has 2 heterocycles. The lowest BCUT2D eigenvalue weighted by Crippen LogP contribution is -2.24. The van der Waals surface area contributed by atoms with E-state index in [-0.39, 0.29) is 5.91 Å². The zero-order valence-electron chi connectivity index (χ0n) is 12.0. The van der Waals surface area contributed by atoms with Gasteiger partial charge in [-0.3, -0.25) is 4.79 Å². The lowest BCUT2D eigenvalue weighted by atomic mass is 10.0. The van der Waals surface area contributed by atoms with Gasteiger partial charge in [-0.05, 0) is 30.0 Å². The zero-order chi connectivity index (χ0) is 15.4. The number of H-pyrrole nitrogens is 1. The first-order valence-corrected chi connectivity index (χ1v) is 7.74. The third kappa shape index (κ3) is 3.20. The summed E-state index contributed by atoms with van der Waals surface area (Å²) >= 11 is 1.61. The molecule has 0 saturated carbocycles. The summed E-state index contributed by atoms with van der Waals surface area (Å²) in [5.41, 5.74) is 1.81. The Balaban J connectivity index is 1.82. The van der Waals surface area contributed by atoms with Crippen molar-refractivity contribution in [2.45, 2.75) is 19.3 Å². The first-order chi connectivity index (χ1) is 10.7. The van der Waals surface area contributed by atoms with Crippen molar-refractivity contribution in [3.8, 4) is 0 Å². The van der Waals surface area contributed by atoms with Crippen LogP contribution < -0.4 is 5.32 Å². The van der Waals surface area contributed by atoms with E-state index in [4.69, 9.17) is 0 Å². The van der Waals surface area contributed by atoms with Gasteiger partial charge >= 0.3 is 0 Å². The standard InChI is InChI=1S/C15H15N5OS/c1-10-5-2-3-7-13(10)16-15(21)12(14-17-19-20-18-14)9-11-6-4-8-22-11/h2-8,12H,9H2,1H3,(H,16,21)(H,17,18,19,20). The van der Waals surface area contributed by atoms with E-state index in [9.17, 15) is 4.79 Å². The molecule has 1 unspecified atom stereocenters. The summed E-state index contributed by atoms with van der Waals surface area (Å²) in [6.45, 7) is 1.96. The van der Waals surface area contributed by atoms with E-state index < -0.39 is 5.92 Å². The van der Waals surface area contributed by atoms with Crippen LogP contribution in [0.4, 0.5) is 5.69 Å². The van der Waals surface area contributed by atoms with E-state index in [1.165, 1.54) is 0 Å². The number of amides is 1. The average molecular weight is 313 g/mol. The number of nitrogens with zero attached hydrogens (tertiary/aromatic N) is 3. The second-order valence-electron chi connectivity index (χ2n) is 4.91. The van der Waals surface area contributed by atoms with Gasteiger partial charge in [0.2, 0.25) is 5.91 Å². The van der Waals surface area contributed by atoms with Crippen LogP contribution in [-0.2, 0) is 11.2 Å². The molecule has 3 rings (SSSR count). The van der Waals surface area contributed by atoms with Crippen LogP contribution in [0.3, 0.4) is 0 Å². The molecule has 0 aliphatic carbocycles. The molecule has 0 aliphatic rings. The number of carbonyl (C=O) groups excluding carboxylic acids is 1. The minimum atomic E-state index is -0.475. The highest BCUT2D eigenvalue weighted by molar-refractivity contribution is 7.09. The minimum absolute atomic E-state index is 0.135. The number of aryl methyl sites for hydroxylation is 1. The molecule has 1 aromatic carbocycles. The van der Waals surface area contributed by atoms with Crippen LogP contribution in [0.25, 0.3) is 0 Å². The van der Waals surface area contributed by atoms with Gasteiger partial charge in [0, 0.05) is 17.0 Å². The summed E-state index contributed by atoms with van der Waals surface area (Å²) in [7, 11) is 0. The third-order valence-electron chi connectivity index (χ3n) is 3.38. The highest BCUT2D eigenvalue weighted by atomic mass is 32.1. The average Bonchev–Trinajstić information content (AvgIpc) is 3.20. The maximum Gasteiger partial charge on any atom is 0.235 e. The van der Waals surface area contributed by atoms with Crippen molar-refractivity contribution in [1.29, 1.82) is 0 Å². The molecule has 0 bridgehead atoms. The van der Waals surface area contributed by atoms with Gasteiger partial charge in [-0.15, -0.1) is 21.5 Å². The second-order valence-corrected chi connectivity index (χ2v) is 5.94. The van der Waals surface area contributed by atoms with Crippen molar-refractivity contribution in [1.82, 2.24) is 20.6 Å². The molecule has 0 aliphatic heterocycles. The number of nitrogens with one attached hydrogen (secondary N) is 2. The first-order valence-electron chi connectivity index (χ1n) is 6.86. The lowest BCUT2D eigenvalue weighted by Gasteiger charge is -2.14. The van der Waals surface area contributed by atoms with Gasteiger partial charge in [-0.2, -0.15) is 5.21 Å². The number of aromatic nitrogens is 4. The molecular formula is C15H15N5OS. The number of aromatic amines is 1. The van der Waals surface area contributed by atoms with Crippen molar-refractivity contribution in [2.24, 2.45) is 0 Å². The molecular weight excluding hydrogens is 298 g/mol. The minimum Gasteiger partial charge on any atom is -0.325 e. The van der Waals surface area contributed by atoms with Gasteiger partial charge in [0.05, 0.1) is 0 Å². The summed E-state index contributed by atoms with van der Waals surface area (Å²) in [6, 6.07) is 11.6. The molecule has 0 saturated heterocycles. The maximum absolute atomic E-state index is 12.7. The number of para-hydroxylation sites is 1. The van der Waals surface area contributed by atoms with Crippen LogP contribution >= 0.6 is 11.3 Å². The number of tetrazole rings is 1. The van der Waals surface area contributed by atoms with Gasteiger partial charge < -0.3 is 5.32 Å². The summed E-state index contributed by atoms with van der Waals surface area (Å²) in [5, 5.41) is 18.9. The Morgan fingerprint density at radius 2 is 2.18 bits per heavy atom. The predicted octanol–water partition coefficient (Wildman–Crippen LogP) is 2.53. The topological polar surface area (TPSA) is 83.6 Å². The monoisotopic (exact) mass is 313 g/mol. The van der Waals surface area contributed by atoms with E-state index in [2.05, 4.69) is 25.9 Å². The molecule has 112 valence electrons. The van der Waals surface area contributed by atoms with Crippen molar-refractivity contribution >= 4 is 22.9 Å².